The Morgan fingerprint density at radius 2 is 1.77 bits per heavy atom. The molecule has 0 fully saturated rings. The molecule has 0 aliphatic carbocycles. The number of methoxy groups -OCH3 is 1. The average molecular weight is 364 g/mol. The minimum atomic E-state index is -0.764. The molecule has 5 N–H and O–H groups in total. The molecule has 26 heavy (non-hydrogen) atoms. The highest BCUT2D eigenvalue weighted by molar-refractivity contribution is 5.95. The summed E-state index contributed by atoms with van der Waals surface area (Å²) >= 11 is 0. The van der Waals surface area contributed by atoms with Crippen LogP contribution in [0, 0.1) is 0 Å². The molecule has 0 spiro atoms. The lowest BCUT2D eigenvalue weighted by Crippen LogP contribution is -2.47. The van der Waals surface area contributed by atoms with Crippen molar-refractivity contribution in [2.75, 3.05) is 25.5 Å². The lowest BCUT2D eigenvalue weighted by atomic mass is 10.1. The Morgan fingerprint density at radius 3 is 2.35 bits per heavy atom. The number of anilines is 1. The number of amides is 3. The molecular formula is C17H24N4O5. The molecule has 0 aliphatic heterocycles. The highest BCUT2D eigenvalue weighted by atomic mass is 16.5. The van der Waals surface area contributed by atoms with Crippen LogP contribution in [0.25, 0.3) is 0 Å². The van der Waals surface area contributed by atoms with E-state index in [4.69, 9.17) is 5.73 Å². The molecule has 0 bridgehead atoms. The Bertz CT molecular complexity index is 645. The van der Waals surface area contributed by atoms with Gasteiger partial charge in [-0.2, -0.15) is 0 Å². The molecule has 1 atom stereocenters. The van der Waals surface area contributed by atoms with E-state index >= 15 is 0 Å². The van der Waals surface area contributed by atoms with Crippen molar-refractivity contribution in [3.05, 3.63) is 29.8 Å². The molecule has 9 heteroatoms. The summed E-state index contributed by atoms with van der Waals surface area (Å²) in [5.74, 6) is -1.57. The first-order valence-electron chi connectivity index (χ1n) is 8.08. The molecule has 0 saturated carbocycles. The van der Waals surface area contributed by atoms with Crippen LogP contribution in [0.2, 0.25) is 0 Å². The Balaban J connectivity index is 2.40. The Morgan fingerprint density at radius 1 is 1.12 bits per heavy atom. The number of nitrogens with one attached hydrogen (secondary N) is 3. The number of benzene rings is 1. The quantitative estimate of drug-likeness (QED) is 0.428. The predicted molar refractivity (Wildman–Crippen MR) is 95.1 cm³/mol. The molecule has 3 amide bonds. The molecular weight excluding hydrogens is 340 g/mol. The third-order valence-corrected chi connectivity index (χ3v) is 3.38. The maximum absolute atomic E-state index is 11.9. The van der Waals surface area contributed by atoms with Crippen molar-refractivity contribution in [2.24, 2.45) is 5.73 Å². The number of hydrogen-bond acceptors (Lipinski definition) is 6. The summed E-state index contributed by atoms with van der Waals surface area (Å²) in [5.41, 5.74) is 6.54. The van der Waals surface area contributed by atoms with Gasteiger partial charge in [0.1, 0.15) is 6.04 Å². The van der Waals surface area contributed by atoms with Crippen LogP contribution in [0.1, 0.15) is 18.9 Å². The van der Waals surface area contributed by atoms with E-state index in [0.717, 1.165) is 5.56 Å². The summed E-state index contributed by atoms with van der Waals surface area (Å²) in [5, 5.41) is 7.54. The van der Waals surface area contributed by atoms with Crippen LogP contribution < -0.4 is 21.7 Å². The van der Waals surface area contributed by atoms with Gasteiger partial charge in [0.15, 0.2) is 0 Å². The van der Waals surface area contributed by atoms with Crippen LogP contribution >= 0.6 is 0 Å². The van der Waals surface area contributed by atoms with Gasteiger partial charge in [-0.05, 0) is 24.6 Å². The molecule has 0 aromatic heterocycles. The fraction of sp³-hybridized carbons (Fsp3) is 0.412. The molecule has 1 aromatic rings. The molecule has 0 aliphatic rings. The van der Waals surface area contributed by atoms with Gasteiger partial charge >= 0.3 is 5.97 Å². The second kappa shape index (κ2) is 10.8. The number of nitrogens with two attached hydrogens (primary N) is 1. The van der Waals surface area contributed by atoms with Crippen LogP contribution in [0.5, 0.6) is 0 Å². The van der Waals surface area contributed by atoms with Crippen LogP contribution in [0.3, 0.4) is 0 Å². The fourth-order valence-corrected chi connectivity index (χ4v) is 1.98. The van der Waals surface area contributed by atoms with Crippen LogP contribution in [-0.4, -0.2) is 49.9 Å². The first-order chi connectivity index (χ1) is 12.3. The topological polar surface area (TPSA) is 140 Å². The van der Waals surface area contributed by atoms with Gasteiger partial charge in [0.05, 0.1) is 20.1 Å². The largest absolute Gasteiger partial charge is 0.469 e. The third kappa shape index (κ3) is 7.75. The summed E-state index contributed by atoms with van der Waals surface area (Å²) in [4.78, 5) is 46.3. The number of hydrogen-bond donors (Lipinski definition) is 4. The van der Waals surface area contributed by atoms with Gasteiger partial charge in [-0.3, -0.25) is 19.2 Å². The summed E-state index contributed by atoms with van der Waals surface area (Å²) in [6, 6.07) is 5.92. The minimum Gasteiger partial charge on any atom is -0.469 e. The number of esters is 1. The van der Waals surface area contributed by atoms with E-state index in [1.165, 1.54) is 14.0 Å². The Labute approximate surface area is 151 Å². The van der Waals surface area contributed by atoms with E-state index in [2.05, 4.69) is 20.7 Å². The fourth-order valence-electron chi connectivity index (χ4n) is 1.98. The van der Waals surface area contributed by atoms with Crippen molar-refractivity contribution in [2.45, 2.75) is 25.8 Å². The standard InChI is InChI=1S/C17H24N4O5/c1-11(20-14(22)7-8-18)17(25)19-10-15(23)21-13-5-3-12(4-6-13)9-16(24)26-2/h3-6,11H,7-10,18H2,1-2H3,(H,19,25)(H,20,22)(H,21,23)/t11-/m0/s1. The van der Waals surface area contributed by atoms with Crippen LogP contribution in [0.15, 0.2) is 24.3 Å². The summed E-state index contributed by atoms with van der Waals surface area (Å²) in [6.45, 7) is 1.47. The first-order valence-corrected chi connectivity index (χ1v) is 8.08. The van der Waals surface area contributed by atoms with Crippen molar-refractivity contribution >= 4 is 29.4 Å². The lowest BCUT2D eigenvalue weighted by molar-refractivity contribution is -0.139. The molecule has 0 unspecified atom stereocenters. The number of ether oxygens (including phenoxy) is 1. The average Bonchev–Trinajstić information content (AvgIpc) is 2.61. The van der Waals surface area contributed by atoms with Gasteiger partial charge < -0.3 is 26.4 Å². The van der Waals surface area contributed by atoms with Crippen molar-refractivity contribution in [3.63, 3.8) is 0 Å². The SMILES string of the molecule is COC(=O)Cc1ccc(NC(=O)CNC(=O)[C@H](C)NC(=O)CCN)cc1. The van der Waals surface area contributed by atoms with E-state index in [-0.39, 0.29) is 37.8 Å². The van der Waals surface area contributed by atoms with Gasteiger partial charge in [-0.1, -0.05) is 12.1 Å². The van der Waals surface area contributed by atoms with E-state index in [1.54, 1.807) is 24.3 Å². The normalized spacial score (nSPS) is 11.2. The van der Waals surface area contributed by atoms with E-state index in [1.807, 2.05) is 0 Å². The highest BCUT2D eigenvalue weighted by Crippen LogP contribution is 2.10. The lowest BCUT2D eigenvalue weighted by Gasteiger charge is -2.14. The molecule has 0 saturated heterocycles. The van der Waals surface area contributed by atoms with Crippen molar-refractivity contribution < 1.29 is 23.9 Å². The zero-order chi connectivity index (χ0) is 19.5. The zero-order valence-corrected chi connectivity index (χ0v) is 14.8. The minimum absolute atomic E-state index is 0.129. The van der Waals surface area contributed by atoms with Crippen molar-refractivity contribution in [3.8, 4) is 0 Å². The van der Waals surface area contributed by atoms with Gasteiger partial charge in [-0.15, -0.1) is 0 Å². The van der Waals surface area contributed by atoms with E-state index in [9.17, 15) is 19.2 Å². The molecule has 1 rings (SSSR count). The molecule has 1 aromatic carbocycles. The second-order valence-electron chi connectivity index (χ2n) is 5.54. The van der Waals surface area contributed by atoms with Crippen LogP contribution in [-0.2, 0) is 30.3 Å². The summed E-state index contributed by atoms with van der Waals surface area (Å²) < 4.78 is 4.58. The van der Waals surface area contributed by atoms with Crippen molar-refractivity contribution in [1.82, 2.24) is 10.6 Å². The smallest absolute Gasteiger partial charge is 0.309 e. The maximum atomic E-state index is 11.9. The van der Waals surface area contributed by atoms with Crippen molar-refractivity contribution in [1.29, 1.82) is 0 Å². The second-order valence-corrected chi connectivity index (χ2v) is 5.54. The summed E-state index contributed by atoms with van der Waals surface area (Å²) in [6.07, 6.45) is 0.276. The molecule has 9 nitrogen and oxygen atoms in total. The highest BCUT2D eigenvalue weighted by Gasteiger charge is 2.15. The molecule has 0 radical (unpaired) electrons. The summed E-state index contributed by atoms with van der Waals surface area (Å²) in [7, 11) is 1.32. The van der Waals surface area contributed by atoms with Gasteiger partial charge in [-0.25, -0.2) is 0 Å². The monoisotopic (exact) mass is 364 g/mol. The van der Waals surface area contributed by atoms with E-state index < -0.39 is 17.9 Å². The molecule has 142 valence electrons. The van der Waals surface area contributed by atoms with Gasteiger partial charge in [0.25, 0.3) is 0 Å². The Hall–Kier alpha value is -2.94. The number of carbonyl (C=O) groups is 4. The number of rotatable bonds is 9. The molecule has 0 heterocycles. The third-order valence-electron chi connectivity index (χ3n) is 3.38. The number of carbonyl (C=O) groups excluding carboxylic acids is 4. The van der Waals surface area contributed by atoms with E-state index in [0.29, 0.717) is 5.69 Å². The zero-order valence-electron chi connectivity index (χ0n) is 14.8. The van der Waals surface area contributed by atoms with Crippen LogP contribution in [0.4, 0.5) is 5.69 Å². The van der Waals surface area contributed by atoms with Gasteiger partial charge in [0, 0.05) is 18.7 Å². The van der Waals surface area contributed by atoms with Gasteiger partial charge in [0.2, 0.25) is 17.7 Å². The predicted octanol–water partition coefficient (Wildman–Crippen LogP) is -0.690. The first kappa shape index (κ1) is 21.1. The maximum Gasteiger partial charge on any atom is 0.309 e. The Kier molecular flexibility index (Phi) is 8.79.